The van der Waals surface area contributed by atoms with Gasteiger partial charge in [0, 0.05) is 36.5 Å². The molecule has 1 aliphatic heterocycles. The van der Waals surface area contributed by atoms with Gasteiger partial charge in [-0.25, -0.2) is 15.0 Å². The van der Waals surface area contributed by atoms with E-state index in [-0.39, 0.29) is 0 Å². The molecule has 0 aromatic carbocycles. The Balaban J connectivity index is 1.34. The number of hydrogen-bond donors (Lipinski definition) is 0. The highest BCUT2D eigenvalue weighted by Gasteiger charge is 2.28. The first-order chi connectivity index (χ1) is 13.1. The normalized spacial score (nSPS) is 17.6. The number of hydrogen-bond acceptors (Lipinski definition) is 7. The molecule has 7 heteroatoms. The minimum absolute atomic E-state index is 0.409. The van der Waals surface area contributed by atoms with E-state index in [1.165, 1.54) is 12.8 Å². The second-order valence-corrected chi connectivity index (χ2v) is 7.47. The van der Waals surface area contributed by atoms with Crippen LogP contribution in [0.25, 0.3) is 0 Å². The third kappa shape index (κ3) is 4.00. The topological polar surface area (TPSA) is 87.8 Å². The minimum Gasteiger partial charge on any atom is -0.477 e. The van der Waals surface area contributed by atoms with Gasteiger partial charge >= 0.3 is 0 Å². The molecule has 27 heavy (non-hydrogen) atoms. The maximum atomic E-state index is 8.99. The summed E-state index contributed by atoms with van der Waals surface area (Å²) in [4.78, 5) is 20.0. The average Bonchev–Trinajstić information content (AvgIpc) is 3.55. The van der Waals surface area contributed by atoms with Gasteiger partial charge < -0.3 is 9.64 Å². The van der Waals surface area contributed by atoms with Gasteiger partial charge in [-0.15, -0.1) is 0 Å². The zero-order chi connectivity index (χ0) is 18.8. The number of aryl methyl sites for hydroxylation is 1. The minimum atomic E-state index is 0.409. The lowest BCUT2D eigenvalue weighted by Gasteiger charge is -2.31. The Morgan fingerprint density at radius 3 is 2.63 bits per heavy atom. The van der Waals surface area contributed by atoms with Crippen LogP contribution in [-0.2, 0) is 0 Å². The number of nitriles is 1. The van der Waals surface area contributed by atoms with Crippen LogP contribution in [0.4, 0.5) is 5.95 Å². The standard InChI is InChI=1S/C20H24N6O/c1-13-14(2)23-18(16-3-4-16)25-19(13)27-12-15-6-9-26(10-7-15)20-22-8-5-17(11-21)24-20/h5,8,15-16H,3-4,6-7,9-10,12H2,1-2H3. The second-order valence-electron chi connectivity index (χ2n) is 7.47. The fourth-order valence-electron chi connectivity index (χ4n) is 3.35. The van der Waals surface area contributed by atoms with Crippen molar-refractivity contribution in [3.8, 4) is 11.9 Å². The van der Waals surface area contributed by atoms with Crippen molar-refractivity contribution in [2.24, 2.45) is 5.92 Å². The molecule has 0 radical (unpaired) electrons. The molecule has 0 bridgehead atoms. The van der Waals surface area contributed by atoms with Crippen LogP contribution in [0.3, 0.4) is 0 Å². The van der Waals surface area contributed by atoms with Gasteiger partial charge in [0.05, 0.1) is 6.61 Å². The van der Waals surface area contributed by atoms with E-state index < -0.39 is 0 Å². The van der Waals surface area contributed by atoms with Crippen molar-refractivity contribution in [1.82, 2.24) is 19.9 Å². The first-order valence-electron chi connectivity index (χ1n) is 9.60. The lowest BCUT2D eigenvalue weighted by atomic mass is 9.98. The summed E-state index contributed by atoms with van der Waals surface area (Å²) in [5, 5.41) is 8.99. The molecule has 2 aromatic heterocycles. The van der Waals surface area contributed by atoms with Crippen LogP contribution in [0.5, 0.6) is 5.88 Å². The third-order valence-corrected chi connectivity index (χ3v) is 5.41. The van der Waals surface area contributed by atoms with Crippen LogP contribution in [0.15, 0.2) is 12.3 Å². The molecule has 7 nitrogen and oxygen atoms in total. The molecule has 0 spiro atoms. The highest BCUT2D eigenvalue weighted by atomic mass is 16.5. The van der Waals surface area contributed by atoms with E-state index in [0.29, 0.717) is 30.1 Å². The predicted molar refractivity (Wildman–Crippen MR) is 101 cm³/mol. The van der Waals surface area contributed by atoms with Crippen molar-refractivity contribution < 1.29 is 4.74 Å². The van der Waals surface area contributed by atoms with Crippen molar-refractivity contribution in [3.63, 3.8) is 0 Å². The van der Waals surface area contributed by atoms with Crippen LogP contribution >= 0.6 is 0 Å². The Kier molecular flexibility index (Phi) is 4.88. The van der Waals surface area contributed by atoms with Crippen LogP contribution in [-0.4, -0.2) is 39.6 Å². The van der Waals surface area contributed by atoms with E-state index in [1.54, 1.807) is 12.3 Å². The highest BCUT2D eigenvalue weighted by Crippen LogP contribution is 2.39. The third-order valence-electron chi connectivity index (χ3n) is 5.41. The van der Waals surface area contributed by atoms with Gasteiger partial charge in [-0.05, 0) is 51.5 Å². The molecule has 1 saturated heterocycles. The number of nitrogens with zero attached hydrogens (tertiary/aromatic N) is 6. The summed E-state index contributed by atoms with van der Waals surface area (Å²) in [7, 11) is 0. The number of anilines is 1. The number of piperidine rings is 1. The van der Waals surface area contributed by atoms with Crippen LogP contribution in [0.2, 0.25) is 0 Å². The Labute approximate surface area is 159 Å². The Morgan fingerprint density at radius 2 is 1.93 bits per heavy atom. The molecular weight excluding hydrogens is 340 g/mol. The van der Waals surface area contributed by atoms with Gasteiger partial charge in [0.2, 0.25) is 11.8 Å². The van der Waals surface area contributed by atoms with Gasteiger partial charge in [-0.3, -0.25) is 0 Å². The molecule has 0 unspecified atom stereocenters. The summed E-state index contributed by atoms with van der Waals surface area (Å²) < 4.78 is 6.11. The molecule has 0 amide bonds. The quantitative estimate of drug-likeness (QED) is 0.806. The first-order valence-corrected chi connectivity index (χ1v) is 9.60. The Bertz CT molecular complexity index is 865. The SMILES string of the molecule is Cc1nc(C2CC2)nc(OCC2CCN(c3nccc(C#N)n3)CC2)c1C. The summed E-state index contributed by atoms with van der Waals surface area (Å²) >= 11 is 0. The summed E-state index contributed by atoms with van der Waals surface area (Å²) in [6.07, 6.45) is 6.05. The first kappa shape index (κ1) is 17.7. The zero-order valence-corrected chi connectivity index (χ0v) is 15.9. The Hall–Kier alpha value is -2.75. The van der Waals surface area contributed by atoms with Gasteiger partial charge in [0.15, 0.2) is 0 Å². The predicted octanol–water partition coefficient (Wildman–Crippen LogP) is 2.93. The van der Waals surface area contributed by atoms with Crippen molar-refractivity contribution in [1.29, 1.82) is 5.26 Å². The second kappa shape index (κ2) is 7.47. The summed E-state index contributed by atoms with van der Waals surface area (Å²) in [5.74, 6) is 3.34. The lowest BCUT2D eigenvalue weighted by Crippen LogP contribution is -2.36. The molecule has 1 saturated carbocycles. The lowest BCUT2D eigenvalue weighted by molar-refractivity contribution is 0.213. The molecule has 2 aromatic rings. The van der Waals surface area contributed by atoms with E-state index in [9.17, 15) is 0 Å². The van der Waals surface area contributed by atoms with Gasteiger partial charge in [-0.1, -0.05) is 0 Å². The molecule has 2 fully saturated rings. The molecule has 0 atom stereocenters. The fourth-order valence-corrected chi connectivity index (χ4v) is 3.35. The molecular formula is C20H24N6O. The average molecular weight is 364 g/mol. The maximum absolute atomic E-state index is 8.99. The Morgan fingerprint density at radius 1 is 1.15 bits per heavy atom. The zero-order valence-electron chi connectivity index (χ0n) is 15.9. The molecule has 3 heterocycles. The van der Waals surface area contributed by atoms with Gasteiger partial charge in [-0.2, -0.15) is 10.2 Å². The summed E-state index contributed by atoms with van der Waals surface area (Å²) in [6, 6.07) is 3.70. The molecule has 1 aliphatic carbocycles. The van der Waals surface area contributed by atoms with Crippen molar-refractivity contribution in [3.05, 3.63) is 35.0 Å². The highest BCUT2D eigenvalue weighted by molar-refractivity contribution is 5.34. The van der Waals surface area contributed by atoms with Gasteiger partial charge in [0.25, 0.3) is 0 Å². The van der Waals surface area contributed by atoms with E-state index in [4.69, 9.17) is 10.00 Å². The number of rotatable bonds is 5. The molecule has 4 rings (SSSR count). The van der Waals surface area contributed by atoms with Crippen molar-refractivity contribution in [2.75, 3.05) is 24.6 Å². The number of aromatic nitrogens is 4. The van der Waals surface area contributed by atoms with Gasteiger partial charge in [0.1, 0.15) is 17.6 Å². The smallest absolute Gasteiger partial charge is 0.226 e. The molecule has 0 N–H and O–H groups in total. The number of ether oxygens (including phenoxy) is 1. The summed E-state index contributed by atoms with van der Waals surface area (Å²) in [5.41, 5.74) is 2.47. The van der Waals surface area contributed by atoms with Crippen molar-refractivity contribution in [2.45, 2.75) is 45.4 Å². The fraction of sp³-hybridized carbons (Fsp3) is 0.550. The van der Waals surface area contributed by atoms with Crippen LogP contribution < -0.4 is 9.64 Å². The maximum Gasteiger partial charge on any atom is 0.226 e. The van der Waals surface area contributed by atoms with Crippen molar-refractivity contribution >= 4 is 5.95 Å². The van der Waals surface area contributed by atoms with E-state index >= 15 is 0 Å². The van der Waals surface area contributed by atoms with E-state index in [1.807, 2.05) is 13.8 Å². The molecule has 140 valence electrons. The van der Waals surface area contributed by atoms with Crippen LogP contribution in [0.1, 0.15) is 54.4 Å². The van der Waals surface area contributed by atoms with Crippen LogP contribution in [0, 0.1) is 31.1 Å². The molecule has 2 aliphatic rings. The monoisotopic (exact) mass is 364 g/mol. The van der Waals surface area contributed by atoms with E-state index in [2.05, 4.69) is 30.9 Å². The summed E-state index contributed by atoms with van der Waals surface area (Å²) in [6.45, 7) is 6.48. The largest absolute Gasteiger partial charge is 0.477 e. The van der Waals surface area contributed by atoms with E-state index in [0.717, 1.165) is 48.9 Å².